The van der Waals surface area contributed by atoms with Crippen molar-refractivity contribution < 1.29 is 19.1 Å². The molecule has 0 aromatic rings. The molecule has 1 unspecified atom stereocenters. The number of allylic oxidation sites excluding steroid dienone is 2. The van der Waals surface area contributed by atoms with E-state index in [0.717, 1.165) is 24.8 Å². The predicted octanol–water partition coefficient (Wildman–Crippen LogP) is 1.72. The van der Waals surface area contributed by atoms with E-state index in [0.29, 0.717) is 24.6 Å². The molecule has 7 heteroatoms. The Balaban J connectivity index is 1.88. The van der Waals surface area contributed by atoms with Gasteiger partial charge in [-0.05, 0) is 44.8 Å². The first kappa shape index (κ1) is 17.7. The van der Waals surface area contributed by atoms with Crippen molar-refractivity contribution in [3.05, 3.63) is 35.2 Å². The van der Waals surface area contributed by atoms with E-state index in [-0.39, 0.29) is 30.3 Å². The minimum absolute atomic E-state index is 0.0177. The van der Waals surface area contributed by atoms with Crippen LogP contribution in [-0.4, -0.2) is 58.5 Å². The lowest BCUT2D eigenvalue weighted by Crippen LogP contribution is -2.54. The maximum atomic E-state index is 13.2. The van der Waals surface area contributed by atoms with Gasteiger partial charge in [0.25, 0.3) is 5.91 Å². The van der Waals surface area contributed by atoms with Crippen LogP contribution in [0.5, 0.6) is 0 Å². The number of nitrogens with zero attached hydrogens (tertiary/aromatic N) is 3. The smallest absolute Gasteiger partial charge is 0.343 e. The monoisotopic (exact) mass is 369 g/mol. The van der Waals surface area contributed by atoms with Crippen LogP contribution in [0.3, 0.4) is 0 Å². The number of aliphatic imine (C=N–C) groups is 1. The van der Waals surface area contributed by atoms with Crippen molar-refractivity contribution in [1.82, 2.24) is 9.80 Å². The van der Waals surface area contributed by atoms with Crippen LogP contribution in [0, 0.1) is 0 Å². The molecule has 1 amide bonds. The first-order valence-electron chi connectivity index (χ1n) is 9.48. The van der Waals surface area contributed by atoms with Crippen LogP contribution in [0.15, 0.2) is 40.2 Å². The quantitative estimate of drug-likeness (QED) is 0.557. The first-order valence-corrected chi connectivity index (χ1v) is 9.48. The summed E-state index contributed by atoms with van der Waals surface area (Å²) in [6, 6.07) is 0. The Morgan fingerprint density at radius 3 is 2.70 bits per heavy atom. The number of ether oxygens (including phenoxy) is 1. The second kappa shape index (κ2) is 6.48. The minimum atomic E-state index is -1.27. The van der Waals surface area contributed by atoms with Gasteiger partial charge in [-0.2, -0.15) is 4.99 Å². The molecule has 1 atom stereocenters. The summed E-state index contributed by atoms with van der Waals surface area (Å²) in [6.07, 6.45) is 8.44. The lowest BCUT2D eigenvalue weighted by molar-refractivity contribution is -0.140. The number of amidine groups is 1. The molecule has 4 aliphatic rings. The number of carbonyl (C=O) groups is 3. The maximum Gasteiger partial charge on any atom is 0.343 e. The van der Waals surface area contributed by atoms with E-state index < -0.39 is 11.5 Å². The molecule has 0 bridgehead atoms. The summed E-state index contributed by atoms with van der Waals surface area (Å²) in [5.41, 5.74) is 0.0911. The fourth-order valence-corrected chi connectivity index (χ4v) is 4.42. The second-order valence-electron chi connectivity index (χ2n) is 7.25. The van der Waals surface area contributed by atoms with E-state index in [1.165, 1.54) is 0 Å². The summed E-state index contributed by atoms with van der Waals surface area (Å²) in [5, 5.41) is 0. The van der Waals surface area contributed by atoms with E-state index in [4.69, 9.17) is 4.74 Å². The Hall–Kier alpha value is -2.70. The number of hydrogen-bond donors (Lipinski definition) is 0. The minimum Gasteiger partial charge on any atom is -0.462 e. The highest BCUT2D eigenvalue weighted by Gasteiger charge is 2.62. The zero-order valence-corrected chi connectivity index (χ0v) is 15.7. The van der Waals surface area contributed by atoms with Crippen molar-refractivity contribution in [2.75, 3.05) is 19.7 Å². The number of amides is 1. The van der Waals surface area contributed by atoms with E-state index in [1.807, 2.05) is 24.0 Å². The molecule has 0 aromatic heterocycles. The second-order valence-corrected chi connectivity index (χ2v) is 7.25. The SMILES string of the molecule is CCOC(=O)C1=C(N2CCCCC2)C2(CC1=O)C(=O)N=C1C(C)=CC=CN12. The third-order valence-corrected chi connectivity index (χ3v) is 5.61. The standard InChI is InChI=1S/C20H23N3O4/c1-3-27-18(25)15-14(24)12-20(16(15)22-9-5-4-6-10-22)19(26)21-17-13(2)8-7-11-23(17)20/h7-8,11H,3-6,9-10,12H2,1-2H3. The molecule has 1 fully saturated rings. The number of ketones is 1. The normalized spacial score (nSPS) is 27.3. The van der Waals surface area contributed by atoms with Crippen molar-refractivity contribution in [2.24, 2.45) is 4.99 Å². The van der Waals surface area contributed by atoms with Gasteiger partial charge in [0.1, 0.15) is 11.4 Å². The van der Waals surface area contributed by atoms with Gasteiger partial charge in [-0.1, -0.05) is 6.08 Å². The number of piperidine rings is 1. The van der Waals surface area contributed by atoms with E-state index in [2.05, 4.69) is 4.99 Å². The lowest BCUT2D eigenvalue weighted by atomic mass is 9.90. The lowest BCUT2D eigenvalue weighted by Gasteiger charge is -2.42. The molecule has 142 valence electrons. The summed E-state index contributed by atoms with van der Waals surface area (Å²) in [7, 11) is 0. The Kier molecular flexibility index (Phi) is 4.25. The van der Waals surface area contributed by atoms with Crippen molar-refractivity contribution in [2.45, 2.75) is 45.1 Å². The van der Waals surface area contributed by atoms with Gasteiger partial charge in [-0.25, -0.2) is 4.79 Å². The van der Waals surface area contributed by atoms with Crippen molar-refractivity contribution in [3.8, 4) is 0 Å². The summed E-state index contributed by atoms with van der Waals surface area (Å²) in [5.74, 6) is -0.825. The number of likely N-dealkylation sites (tertiary alicyclic amines) is 1. The molecule has 1 saturated heterocycles. The van der Waals surface area contributed by atoms with E-state index >= 15 is 0 Å². The molecule has 0 aromatic carbocycles. The molecular weight excluding hydrogens is 346 g/mol. The largest absolute Gasteiger partial charge is 0.462 e. The fraction of sp³-hybridized carbons (Fsp3) is 0.500. The third-order valence-electron chi connectivity index (χ3n) is 5.61. The summed E-state index contributed by atoms with van der Waals surface area (Å²) < 4.78 is 5.17. The predicted molar refractivity (Wildman–Crippen MR) is 98.6 cm³/mol. The van der Waals surface area contributed by atoms with Gasteiger partial charge in [-0.3, -0.25) is 9.59 Å². The van der Waals surface area contributed by atoms with Gasteiger partial charge < -0.3 is 14.5 Å². The summed E-state index contributed by atoms with van der Waals surface area (Å²) >= 11 is 0. The van der Waals surface area contributed by atoms with Gasteiger partial charge in [0.05, 0.1) is 12.3 Å². The first-order chi connectivity index (χ1) is 13.0. The highest BCUT2D eigenvalue weighted by molar-refractivity contribution is 6.26. The molecule has 3 heterocycles. The molecule has 0 N–H and O–H groups in total. The Morgan fingerprint density at radius 1 is 1.26 bits per heavy atom. The average Bonchev–Trinajstić information content (AvgIpc) is 3.12. The van der Waals surface area contributed by atoms with Gasteiger partial charge >= 0.3 is 5.97 Å². The fourth-order valence-electron chi connectivity index (χ4n) is 4.42. The van der Waals surface area contributed by atoms with Crippen molar-refractivity contribution in [1.29, 1.82) is 0 Å². The van der Waals surface area contributed by atoms with Crippen LogP contribution in [-0.2, 0) is 19.1 Å². The number of hydrogen-bond acceptors (Lipinski definition) is 6. The van der Waals surface area contributed by atoms with Crippen LogP contribution in [0.1, 0.15) is 39.5 Å². The zero-order valence-electron chi connectivity index (χ0n) is 15.7. The van der Waals surface area contributed by atoms with Crippen molar-refractivity contribution >= 4 is 23.5 Å². The molecule has 1 aliphatic carbocycles. The molecule has 4 rings (SSSR count). The Morgan fingerprint density at radius 2 is 2.00 bits per heavy atom. The maximum absolute atomic E-state index is 13.2. The molecule has 0 radical (unpaired) electrons. The van der Waals surface area contributed by atoms with Gasteiger partial charge in [0, 0.05) is 25.7 Å². The molecule has 0 saturated carbocycles. The topological polar surface area (TPSA) is 79.3 Å². The van der Waals surface area contributed by atoms with Crippen LogP contribution >= 0.6 is 0 Å². The average molecular weight is 369 g/mol. The number of Topliss-reactive ketones (excluding diaryl/α,β-unsaturated/α-hetero) is 1. The third kappa shape index (κ3) is 2.48. The van der Waals surface area contributed by atoms with Gasteiger partial charge in [0.15, 0.2) is 11.3 Å². The molecular formula is C20H23N3O4. The highest BCUT2D eigenvalue weighted by atomic mass is 16.5. The molecule has 1 spiro atoms. The molecule has 7 nitrogen and oxygen atoms in total. The number of esters is 1. The number of rotatable bonds is 3. The van der Waals surface area contributed by atoms with Crippen molar-refractivity contribution in [3.63, 3.8) is 0 Å². The van der Waals surface area contributed by atoms with Gasteiger partial charge in [-0.15, -0.1) is 0 Å². The number of fused-ring (bicyclic) bond motifs is 2. The summed E-state index contributed by atoms with van der Waals surface area (Å²) in [4.78, 5) is 46.9. The molecule has 3 aliphatic heterocycles. The number of carbonyl (C=O) groups excluding carboxylic acids is 3. The highest BCUT2D eigenvalue weighted by Crippen LogP contribution is 2.46. The summed E-state index contributed by atoms with van der Waals surface area (Å²) in [6.45, 7) is 5.19. The zero-order chi connectivity index (χ0) is 19.2. The Labute approximate surface area is 158 Å². The van der Waals surface area contributed by atoms with Crippen LogP contribution in [0.25, 0.3) is 0 Å². The van der Waals surface area contributed by atoms with E-state index in [1.54, 1.807) is 18.0 Å². The van der Waals surface area contributed by atoms with Gasteiger partial charge in [0.2, 0.25) is 0 Å². The van der Waals surface area contributed by atoms with Crippen LogP contribution in [0.2, 0.25) is 0 Å². The van der Waals surface area contributed by atoms with Crippen LogP contribution < -0.4 is 0 Å². The van der Waals surface area contributed by atoms with Crippen LogP contribution in [0.4, 0.5) is 0 Å². The Bertz CT molecular complexity index is 845. The molecule has 27 heavy (non-hydrogen) atoms. The van der Waals surface area contributed by atoms with E-state index in [9.17, 15) is 14.4 Å².